The van der Waals surface area contributed by atoms with Crippen LogP contribution in [0.4, 0.5) is 4.39 Å². The van der Waals surface area contributed by atoms with Gasteiger partial charge in [-0.3, -0.25) is 0 Å². The van der Waals surface area contributed by atoms with Gasteiger partial charge in [-0.05, 0) is 50.6 Å². The summed E-state index contributed by atoms with van der Waals surface area (Å²) in [5.74, 6) is -0.196. The van der Waals surface area contributed by atoms with E-state index in [-0.39, 0.29) is 27.9 Å². The summed E-state index contributed by atoms with van der Waals surface area (Å²) >= 11 is 5.90. The lowest BCUT2D eigenvalue weighted by atomic mass is 10.1. The van der Waals surface area contributed by atoms with E-state index in [1.54, 1.807) is 0 Å². The standard InChI is InChI=1S/C13H18ClFN2O2S.ClH/c1-9-5-13(11(14)6-12(9)15)20(18,19)17-4-3-10(8-17)7-16-2;/h5-6,10,16H,3-4,7-8H2,1-2H3;1H. The van der Waals surface area contributed by atoms with Crippen molar-refractivity contribution in [2.45, 2.75) is 18.2 Å². The Morgan fingerprint density at radius 1 is 1.48 bits per heavy atom. The Kier molecular flexibility index (Phi) is 6.43. The summed E-state index contributed by atoms with van der Waals surface area (Å²) in [5, 5.41) is 2.99. The molecule has 120 valence electrons. The van der Waals surface area contributed by atoms with E-state index in [4.69, 9.17) is 11.6 Å². The lowest BCUT2D eigenvalue weighted by Gasteiger charge is -2.18. The van der Waals surface area contributed by atoms with E-state index in [1.807, 2.05) is 7.05 Å². The van der Waals surface area contributed by atoms with Gasteiger partial charge in [0.1, 0.15) is 10.7 Å². The summed E-state index contributed by atoms with van der Waals surface area (Å²) in [6, 6.07) is 2.36. The Hall–Kier alpha value is -0.400. The van der Waals surface area contributed by atoms with Crippen LogP contribution in [-0.2, 0) is 10.0 Å². The second-order valence-corrected chi connectivity index (χ2v) is 7.42. The largest absolute Gasteiger partial charge is 0.319 e. The molecule has 0 aliphatic carbocycles. The van der Waals surface area contributed by atoms with E-state index in [0.717, 1.165) is 19.0 Å². The van der Waals surface area contributed by atoms with Crippen LogP contribution in [0.1, 0.15) is 12.0 Å². The minimum atomic E-state index is -3.65. The van der Waals surface area contributed by atoms with Crippen molar-refractivity contribution in [3.8, 4) is 0 Å². The summed E-state index contributed by atoms with van der Waals surface area (Å²) < 4.78 is 39.9. The van der Waals surface area contributed by atoms with Crippen molar-refractivity contribution in [1.29, 1.82) is 0 Å². The molecule has 1 aliphatic rings. The number of hydrogen-bond acceptors (Lipinski definition) is 3. The van der Waals surface area contributed by atoms with Gasteiger partial charge in [-0.1, -0.05) is 11.6 Å². The molecule has 1 aromatic carbocycles. The normalized spacial score (nSPS) is 19.5. The summed E-state index contributed by atoms with van der Waals surface area (Å²) in [6.45, 7) is 3.25. The van der Waals surface area contributed by atoms with E-state index >= 15 is 0 Å². The van der Waals surface area contributed by atoms with Gasteiger partial charge in [0.05, 0.1) is 5.02 Å². The van der Waals surface area contributed by atoms with Crippen LogP contribution in [0.2, 0.25) is 5.02 Å². The predicted octanol–water partition coefficient (Wildman–Crippen LogP) is 2.44. The van der Waals surface area contributed by atoms with E-state index in [2.05, 4.69) is 5.32 Å². The highest BCUT2D eigenvalue weighted by molar-refractivity contribution is 7.89. The van der Waals surface area contributed by atoms with Crippen molar-refractivity contribution in [3.63, 3.8) is 0 Å². The third kappa shape index (κ3) is 3.87. The van der Waals surface area contributed by atoms with Crippen LogP contribution < -0.4 is 5.32 Å². The molecule has 8 heteroatoms. The first kappa shape index (κ1) is 18.6. The third-order valence-electron chi connectivity index (χ3n) is 3.57. The molecule has 1 N–H and O–H groups in total. The van der Waals surface area contributed by atoms with E-state index in [0.29, 0.717) is 19.0 Å². The molecule has 0 spiro atoms. The number of aryl methyl sites for hydroxylation is 1. The van der Waals surface area contributed by atoms with Gasteiger partial charge in [-0.2, -0.15) is 4.31 Å². The second-order valence-electron chi connectivity index (χ2n) is 5.11. The second kappa shape index (κ2) is 7.24. The van der Waals surface area contributed by atoms with Crippen molar-refractivity contribution in [2.75, 3.05) is 26.7 Å². The maximum Gasteiger partial charge on any atom is 0.244 e. The van der Waals surface area contributed by atoms with Gasteiger partial charge in [0, 0.05) is 13.1 Å². The van der Waals surface area contributed by atoms with Crippen molar-refractivity contribution in [3.05, 3.63) is 28.5 Å². The smallest absolute Gasteiger partial charge is 0.244 e. The quantitative estimate of drug-likeness (QED) is 0.901. The lowest BCUT2D eigenvalue weighted by molar-refractivity contribution is 0.451. The fourth-order valence-electron chi connectivity index (χ4n) is 2.44. The minimum absolute atomic E-state index is 0. The molecule has 0 amide bonds. The number of hydrogen-bond donors (Lipinski definition) is 1. The molecule has 1 atom stereocenters. The molecule has 0 aromatic heterocycles. The number of nitrogens with zero attached hydrogens (tertiary/aromatic N) is 1. The highest BCUT2D eigenvalue weighted by Crippen LogP contribution is 2.30. The van der Waals surface area contributed by atoms with Crippen molar-refractivity contribution >= 4 is 34.0 Å². The molecule has 0 saturated carbocycles. The molecular formula is C13H19Cl2FN2O2S. The zero-order valence-corrected chi connectivity index (χ0v) is 14.3. The SMILES string of the molecule is CNCC1CCN(S(=O)(=O)c2cc(C)c(F)cc2Cl)C1.Cl. The Balaban J connectivity index is 0.00000220. The number of rotatable bonds is 4. The first-order valence-electron chi connectivity index (χ1n) is 6.46. The summed E-state index contributed by atoms with van der Waals surface area (Å²) in [7, 11) is -1.81. The average Bonchev–Trinajstić information content (AvgIpc) is 2.83. The summed E-state index contributed by atoms with van der Waals surface area (Å²) in [5.41, 5.74) is 0.277. The van der Waals surface area contributed by atoms with Crippen LogP contribution in [0.15, 0.2) is 17.0 Å². The molecule has 1 saturated heterocycles. The van der Waals surface area contributed by atoms with Crippen molar-refractivity contribution in [2.24, 2.45) is 5.92 Å². The van der Waals surface area contributed by atoms with E-state index in [9.17, 15) is 12.8 Å². The van der Waals surface area contributed by atoms with Gasteiger partial charge < -0.3 is 5.32 Å². The first-order valence-corrected chi connectivity index (χ1v) is 8.28. The molecule has 21 heavy (non-hydrogen) atoms. The Bertz CT molecular complexity index is 610. The van der Waals surface area contributed by atoms with Crippen LogP contribution in [0.3, 0.4) is 0 Å². The fourth-order valence-corrected chi connectivity index (χ4v) is 4.54. The molecule has 0 radical (unpaired) electrons. The molecule has 1 aliphatic heterocycles. The van der Waals surface area contributed by atoms with Gasteiger partial charge in [0.2, 0.25) is 10.0 Å². The zero-order valence-electron chi connectivity index (χ0n) is 11.9. The van der Waals surface area contributed by atoms with Crippen LogP contribution >= 0.6 is 24.0 Å². The lowest BCUT2D eigenvalue weighted by Crippen LogP contribution is -2.30. The molecular weight excluding hydrogens is 338 g/mol. The maximum absolute atomic E-state index is 13.4. The number of benzene rings is 1. The van der Waals surface area contributed by atoms with Gasteiger partial charge in [-0.15, -0.1) is 12.4 Å². The maximum atomic E-state index is 13.4. The highest BCUT2D eigenvalue weighted by Gasteiger charge is 2.33. The molecule has 1 unspecified atom stereocenters. The highest BCUT2D eigenvalue weighted by atomic mass is 35.5. The van der Waals surface area contributed by atoms with E-state index in [1.165, 1.54) is 17.3 Å². The third-order valence-corrected chi connectivity index (χ3v) is 5.90. The molecule has 2 rings (SSSR count). The van der Waals surface area contributed by atoms with Gasteiger partial charge in [0.25, 0.3) is 0 Å². The summed E-state index contributed by atoms with van der Waals surface area (Å²) in [4.78, 5) is -0.0109. The van der Waals surface area contributed by atoms with Crippen LogP contribution in [0.25, 0.3) is 0 Å². The van der Waals surface area contributed by atoms with Crippen LogP contribution in [-0.4, -0.2) is 39.4 Å². The fraction of sp³-hybridized carbons (Fsp3) is 0.538. The van der Waals surface area contributed by atoms with Crippen molar-refractivity contribution in [1.82, 2.24) is 9.62 Å². The Morgan fingerprint density at radius 2 is 2.14 bits per heavy atom. The number of halogens is 3. The number of nitrogens with one attached hydrogen (secondary N) is 1. The number of sulfonamides is 1. The Morgan fingerprint density at radius 3 is 2.76 bits per heavy atom. The molecule has 1 aromatic rings. The molecule has 0 bridgehead atoms. The van der Waals surface area contributed by atoms with Gasteiger partial charge >= 0.3 is 0 Å². The first-order chi connectivity index (χ1) is 9.36. The van der Waals surface area contributed by atoms with E-state index < -0.39 is 15.8 Å². The average molecular weight is 357 g/mol. The topological polar surface area (TPSA) is 49.4 Å². The van der Waals surface area contributed by atoms with Crippen molar-refractivity contribution < 1.29 is 12.8 Å². The predicted molar refractivity (Wildman–Crippen MR) is 84.2 cm³/mol. The van der Waals surface area contributed by atoms with Crippen LogP contribution in [0.5, 0.6) is 0 Å². The monoisotopic (exact) mass is 356 g/mol. The zero-order chi connectivity index (χ0) is 14.9. The molecule has 4 nitrogen and oxygen atoms in total. The molecule has 1 fully saturated rings. The summed E-state index contributed by atoms with van der Waals surface area (Å²) in [6.07, 6.45) is 0.817. The van der Waals surface area contributed by atoms with Gasteiger partial charge in [-0.25, -0.2) is 12.8 Å². The minimum Gasteiger partial charge on any atom is -0.319 e. The Labute approximate surface area is 136 Å². The van der Waals surface area contributed by atoms with Gasteiger partial charge in [0.15, 0.2) is 0 Å². The molecule has 1 heterocycles. The van der Waals surface area contributed by atoms with Crippen LogP contribution in [0, 0.1) is 18.7 Å².